The van der Waals surface area contributed by atoms with E-state index in [1.165, 1.54) is 18.9 Å². The largest absolute Gasteiger partial charge is 0.469 e. The molecule has 0 atom stereocenters. The van der Waals surface area contributed by atoms with Crippen LogP contribution >= 0.6 is 11.8 Å². The number of methoxy groups -OCH3 is 1. The zero-order valence-electron chi connectivity index (χ0n) is 12.9. The topological polar surface area (TPSA) is 86.2 Å². The maximum absolute atomic E-state index is 11.1. The summed E-state index contributed by atoms with van der Waals surface area (Å²) in [5.41, 5.74) is 0. The molecule has 1 heterocycles. The number of rotatable bonds is 9. The second-order valence-corrected chi connectivity index (χ2v) is 5.55. The van der Waals surface area contributed by atoms with Crippen molar-refractivity contribution in [1.29, 1.82) is 0 Å². The fraction of sp³-hybridized carbons (Fsp3) is 0.692. The Hall–Kier alpha value is -1.57. The van der Waals surface area contributed by atoms with Gasteiger partial charge in [-0.1, -0.05) is 18.7 Å². The number of carbonyl (C=O) groups is 1. The lowest BCUT2D eigenvalue weighted by molar-refractivity contribution is -0.140. The number of nitrogens with one attached hydrogen (secondary N) is 1. The summed E-state index contributed by atoms with van der Waals surface area (Å²) in [5, 5.41) is 3.64. The van der Waals surface area contributed by atoms with Crippen molar-refractivity contribution in [1.82, 2.24) is 15.0 Å². The van der Waals surface area contributed by atoms with Crippen LogP contribution in [-0.2, 0) is 9.53 Å². The molecule has 0 spiro atoms. The molecule has 0 unspecified atom stereocenters. The maximum Gasteiger partial charge on any atom is 0.322 e. The Morgan fingerprint density at radius 3 is 2.71 bits per heavy atom. The van der Waals surface area contributed by atoms with E-state index in [1.54, 1.807) is 0 Å². The third-order valence-corrected chi connectivity index (χ3v) is 3.08. The number of ether oxygens (including phenoxy) is 2. The van der Waals surface area contributed by atoms with E-state index >= 15 is 0 Å². The summed E-state index contributed by atoms with van der Waals surface area (Å²) in [4.78, 5) is 23.8. The van der Waals surface area contributed by atoms with Crippen molar-refractivity contribution in [3.8, 4) is 6.01 Å². The molecular weight excluding hydrogens is 292 g/mol. The molecule has 8 heteroatoms. The van der Waals surface area contributed by atoms with Gasteiger partial charge in [0.1, 0.15) is 0 Å². The Labute approximate surface area is 129 Å². The second-order valence-electron chi connectivity index (χ2n) is 4.49. The van der Waals surface area contributed by atoms with E-state index < -0.39 is 0 Å². The first-order valence-corrected chi connectivity index (χ1v) is 7.90. The van der Waals surface area contributed by atoms with Crippen LogP contribution in [0.2, 0.25) is 0 Å². The van der Waals surface area contributed by atoms with E-state index in [4.69, 9.17) is 4.74 Å². The smallest absolute Gasteiger partial charge is 0.322 e. The lowest BCUT2D eigenvalue weighted by Gasteiger charge is -2.10. The summed E-state index contributed by atoms with van der Waals surface area (Å²) >= 11 is 1.37. The quantitative estimate of drug-likeness (QED) is 0.548. The van der Waals surface area contributed by atoms with Crippen LogP contribution in [0.4, 0.5) is 5.95 Å². The molecule has 0 bridgehead atoms. The van der Waals surface area contributed by atoms with Gasteiger partial charge in [0.2, 0.25) is 5.95 Å². The molecule has 118 valence electrons. The molecule has 0 aromatic carbocycles. The number of aromatic nitrogens is 3. The molecule has 0 aliphatic heterocycles. The Balaban J connectivity index is 2.72. The minimum atomic E-state index is -0.250. The van der Waals surface area contributed by atoms with Crippen LogP contribution in [0, 0.1) is 0 Å². The van der Waals surface area contributed by atoms with Gasteiger partial charge in [-0.05, 0) is 20.3 Å². The van der Waals surface area contributed by atoms with Gasteiger partial charge in [-0.2, -0.15) is 15.0 Å². The third kappa shape index (κ3) is 7.12. The average molecular weight is 314 g/mol. The summed E-state index contributed by atoms with van der Waals surface area (Å²) < 4.78 is 10.1. The number of carbonyl (C=O) groups excluding carboxylic acids is 1. The first-order chi connectivity index (χ1) is 10.0. The normalized spacial score (nSPS) is 10.5. The van der Waals surface area contributed by atoms with Gasteiger partial charge in [0.15, 0.2) is 5.16 Å². The first-order valence-electron chi connectivity index (χ1n) is 6.91. The van der Waals surface area contributed by atoms with Gasteiger partial charge in [0.25, 0.3) is 0 Å². The second kappa shape index (κ2) is 9.38. The summed E-state index contributed by atoms with van der Waals surface area (Å²) in [6.45, 7) is 6.66. The van der Waals surface area contributed by atoms with Crippen LogP contribution in [-0.4, -0.2) is 46.4 Å². The SMILES string of the molecule is CCCNc1nc(OC(C)C)nc(SCCC(=O)OC)n1. The zero-order valence-corrected chi connectivity index (χ0v) is 13.7. The highest BCUT2D eigenvalue weighted by Crippen LogP contribution is 2.19. The number of nitrogens with zero attached hydrogens (tertiary/aromatic N) is 3. The summed E-state index contributed by atoms with van der Waals surface area (Å²) in [5.74, 6) is 0.785. The molecule has 1 rings (SSSR count). The molecule has 0 saturated carbocycles. The molecule has 0 radical (unpaired) electrons. The van der Waals surface area contributed by atoms with Gasteiger partial charge in [-0.25, -0.2) is 0 Å². The molecule has 0 aliphatic carbocycles. The number of hydrogen-bond acceptors (Lipinski definition) is 8. The lowest BCUT2D eigenvalue weighted by Crippen LogP contribution is -2.12. The van der Waals surface area contributed by atoms with Gasteiger partial charge in [0.05, 0.1) is 19.6 Å². The van der Waals surface area contributed by atoms with Crippen LogP contribution < -0.4 is 10.1 Å². The highest BCUT2D eigenvalue weighted by Gasteiger charge is 2.10. The van der Waals surface area contributed by atoms with Crippen molar-refractivity contribution in [2.45, 2.75) is 44.9 Å². The van der Waals surface area contributed by atoms with E-state index in [2.05, 4.69) is 31.9 Å². The van der Waals surface area contributed by atoms with Gasteiger partial charge >= 0.3 is 12.0 Å². The van der Waals surface area contributed by atoms with Crippen LogP contribution in [0.1, 0.15) is 33.6 Å². The maximum atomic E-state index is 11.1. The molecular formula is C13H22N4O3S. The summed E-state index contributed by atoms with van der Waals surface area (Å²) in [6.07, 6.45) is 1.27. The van der Waals surface area contributed by atoms with E-state index in [1.807, 2.05) is 13.8 Å². The van der Waals surface area contributed by atoms with Gasteiger partial charge < -0.3 is 14.8 Å². The van der Waals surface area contributed by atoms with Crippen molar-refractivity contribution < 1.29 is 14.3 Å². The number of esters is 1. The number of thioether (sulfide) groups is 1. The van der Waals surface area contributed by atoms with E-state index in [0.717, 1.165) is 13.0 Å². The summed E-state index contributed by atoms with van der Waals surface area (Å²) in [7, 11) is 1.37. The van der Waals surface area contributed by atoms with Gasteiger partial charge in [0, 0.05) is 12.3 Å². The van der Waals surface area contributed by atoms with Crippen LogP contribution in [0.5, 0.6) is 6.01 Å². The molecule has 0 aliphatic rings. The van der Waals surface area contributed by atoms with E-state index in [9.17, 15) is 4.79 Å². The fourth-order valence-electron chi connectivity index (χ4n) is 1.31. The Kier molecular flexibility index (Phi) is 7.81. The fourth-order valence-corrected chi connectivity index (χ4v) is 2.05. The van der Waals surface area contributed by atoms with Crippen LogP contribution in [0.25, 0.3) is 0 Å². The molecule has 7 nitrogen and oxygen atoms in total. The third-order valence-electron chi connectivity index (χ3n) is 2.23. The highest BCUT2D eigenvalue weighted by atomic mass is 32.2. The van der Waals surface area contributed by atoms with Crippen molar-refractivity contribution in [3.05, 3.63) is 0 Å². The van der Waals surface area contributed by atoms with Crippen LogP contribution in [0.3, 0.4) is 0 Å². The monoisotopic (exact) mass is 314 g/mol. The van der Waals surface area contributed by atoms with Crippen molar-refractivity contribution in [2.24, 2.45) is 0 Å². The van der Waals surface area contributed by atoms with Crippen LogP contribution in [0.15, 0.2) is 5.16 Å². The van der Waals surface area contributed by atoms with Crippen molar-refractivity contribution in [3.63, 3.8) is 0 Å². The molecule has 0 amide bonds. The molecule has 0 saturated heterocycles. The highest BCUT2D eigenvalue weighted by molar-refractivity contribution is 7.99. The predicted octanol–water partition coefficient (Wildman–Crippen LogP) is 2.14. The molecule has 1 aromatic rings. The molecule has 1 aromatic heterocycles. The Morgan fingerprint density at radius 2 is 2.10 bits per heavy atom. The van der Waals surface area contributed by atoms with E-state index in [-0.39, 0.29) is 12.1 Å². The molecule has 1 N–H and O–H groups in total. The van der Waals surface area contributed by atoms with Gasteiger partial charge in [-0.15, -0.1) is 0 Å². The first kappa shape index (κ1) is 17.5. The van der Waals surface area contributed by atoms with E-state index in [0.29, 0.717) is 29.3 Å². The minimum absolute atomic E-state index is 0.0145. The van der Waals surface area contributed by atoms with Gasteiger partial charge in [-0.3, -0.25) is 4.79 Å². The standard InChI is InChI=1S/C13H22N4O3S/c1-5-7-14-11-15-12(20-9(2)3)17-13(16-11)21-8-6-10(18)19-4/h9H,5-8H2,1-4H3,(H,14,15,16,17). The minimum Gasteiger partial charge on any atom is -0.469 e. The number of anilines is 1. The zero-order chi connectivity index (χ0) is 15.7. The van der Waals surface area contributed by atoms with Crippen molar-refractivity contribution >= 4 is 23.7 Å². The summed E-state index contributed by atoms with van der Waals surface area (Å²) in [6, 6.07) is 0.291. The molecule has 21 heavy (non-hydrogen) atoms. The number of hydrogen-bond donors (Lipinski definition) is 1. The Bertz CT molecular complexity index is 457. The Morgan fingerprint density at radius 1 is 1.33 bits per heavy atom. The lowest BCUT2D eigenvalue weighted by atomic mass is 10.5. The predicted molar refractivity (Wildman–Crippen MR) is 81.7 cm³/mol. The molecule has 0 fully saturated rings. The average Bonchev–Trinajstić information content (AvgIpc) is 2.44. The van der Waals surface area contributed by atoms with Crippen molar-refractivity contribution in [2.75, 3.05) is 24.7 Å².